The normalized spacial score (nSPS) is 20.5. The molecule has 0 aliphatic carbocycles. The molecule has 86 valence electrons. The van der Waals surface area contributed by atoms with Crippen molar-refractivity contribution in [2.45, 2.75) is 18.2 Å². The van der Waals surface area contributed by atoms with Gasteiger partial charge in [-0.15, -0.1) is 0 Å². The molecule has 1 atom stereocenters. The van der Waals surface area contributed by atoms with Crippen molar-refractivity contribution in [2.24, 2.45) is 0 Å². The number of carbonyl (C=O) groups excluding carboxylic acids is 1. The molecular weight excluding hydrogens is 227 g/mol. The highest BCUT2D eigenvalue weighted by Gasteiger charge is 2.28. The van der Waals surface area contributed by atoms with E-state index in [9.17, 15) is 9.18 Å². The highest BCUT2D eigenvalue weighted by atomic mass is 32.1. The Morgan fingerprint density at radius 3 is 2.88 bits per heavy atom. The summed E-state index contributed by atoms with van der Waals surface area (Å²) in [5.74, 6) is -0.363. The average molecular weight is 240 g/mol. The Labute approximate surface area is 98.8 Å². The smallest absolute Gasteiger partial charge is 0.224 e. The molecule has 3 nitrogen and oxygen atoms in total. The molecule has 0 aromatic heterocycles. The van der Waals surface area contributed by atoms with Crippen LogP contribution in [0.1, 0.15) is 12.0 Å². The number of likely N-dealkylation sites (tertiary alicyclic amines) is 1. The van der Waals surface area contributed by atoms with E-state index in [-0.39, 0.29) is 23.5 Å². The number of amides is 1. The summed E-state index contributed by atoms with van der Waals surface area (Å²) >= 11 is 4.24. The number of anilines is 1. The van der Waals surface area contributed by atoms with Crippen LogP contribution in [0.15, 0.2) is 18.2 Å². The third-order valence-corrected chi connectivity index (χ3v) is 3.04. The first-order valence-corrected chi connectivity index (χ1v) is 5.58. The molecule has 1 amide bonds. The van der Waals surface area contributed by atoms with Gasteiger partial charge in [0.15, 0.2) is 0 Å². The van der Waals surface area contributed by atoms with Crippen LogP contribution in [0.25, 0.3) is 0 Å². The molecular formula is C11H13FN2OS. The highest BCUT2D eigenvalue weighted by molar-refractivity contribution is 7.81. The lowest BCUT2D eigenvalue weighted by atomic mass is 10.1. The molecule has 1 aromatic rings. The minimum absolute atomic E-state index is 0.00246. The van der Waals surface area contributed by atoms with Gasteiger partial charge in [-0.1, -0.05) is 6.07 Å². The topological polar surface area (TPSA) is 46.3 Å². The SMILES string of the molecule is Nc1cccc(F)c1CN1CC(S)CC1=O. The molecule has 1 saturated heterocycles. The van der Waals surface area contributed by atoms with Crippen molar-refractivity contribution in [1.29, 1.82) is 0 Å². The van der Waals surface area contributed by atoms with E-state index in [1.165, 1.54) is 6.07 Å². The van der Waals surface area contributed by atoms with E-state index in [4.69, 9.17) is 5.73 Å². The third-order valence-electron chi connectivity index (χ3n) is 2.70. The summed E-state index contributed by atoms with van der Waals surface area (Å²) in [5.41, 5.74) is 6.45. The van der Waals surface area contributed by atoms with Crippen molar-refractivity contribution >= 4 is 24.2 Å². The van der Waals surface area contributed by atoms with Crippen LogP contribution < -0.4 is 5.73 Å². The fourth-order valence-corrected chi connectivity index (χ4v) is 2.19. The Hall–Kier alpha value is -1.23. The number of rotatable bonds is 2. The van der Waals surface area contributed by atoms with Crippen LogP contribution in [0.3, 0.4) is 0 Å². The molecule has 0 saturated carbocycles. The maximum absolute atomic E-state index is 13.5. The van der Waals surface area contributed by atoms with Crippen molar-refractivity contribution in [1.82, 2.24) is 4.90 Å². The van der Waals surface area contributed by atoms with Gasteiger partial charge in [-0.3, -0.25) is 4.79 Å². The molecule has 1 heterocycles. The largest absolute Gasteiger partial charge is 0.398 e. The van der Waals surface area contributed by atoms with E-state index >= 15 is 0 Å². The number of benzene rings is 1. The molecule has 2 rings (SSSR count). The molecule has 0 radical (unpaired) electrons. The van der Waals surface area contributed by atoms with Crippen LogP contribution in [0.5, 0.6) is 0 Å². The number of hydrogen-bond acceptors (Lipinski definition) is 3. The number of nitrogens with two attached hydrogens (primary N) is 1. The molecule has 16 heavy (non-hydrogen) atoms. The highest BCUT2D eigenvalue weighted by Crippen LogP contribution is 2.22. The van der Waals surface area contributed by atoms with E-state index in [1.807, 2.05) is 0 Å². The standard InChI is InChI=1S/C11H13FN2OS/c12-9-2-1-3-10(13)8(9)6-14-5-7(16)4-11(14)15/h1-3,7,16H,4-6,13H2. The van der Waals surface area contributed by atoms with Gasteiger partial charge in [-0.25, -0.2) is 4.39 Å². The fraction of sp³-hybridized carbons (Fsp3) is 0.364. The average Bonchev–Trinajstić information content (AvgIpc) is 2.51. The number of hydrogen-bond donors (Lipinski definition) is 2. The molecule has 0 bridgehead atoms. The van der Waals surface area contributed by atoms with E-state index in [1.54, 1.807) is 17.0 Å². The quantitative estimate of drug-likeness (QED) is 0.607. The van der Waals surface area contributed by atoms with Gasteiger partial charge in [-0.05, 0) is 12.1 Å². The fourth-order valence-electron chi connectivity index (χ4n) is 1.84. The van der Waals surface area contributed by atoms with Gasteiger partial charge in [0.25, 0.3) is 0 Å². The summed E-state index contributed by atoms with van der Waals surface area (Å²) in [5, 5.41) is 0.0421. The number of nitrogen functional groups attached to an aromatic ring is 1. The molecule has 5 heteroatoms. The lowest BCUT2D eigenvalue weighted by Crippen LogP contribution is -2.25. The van der Waals surface area contributed by atoms with Gasteiger partial charge in [0, 0.05) is 29.5 Å². The van der Waals surface area contributed by atoms with Gasteiger partial charge in [0.05, 0.1) is 6.54 Å². The Morgan fingerprint density at radius 1 is 1.56 bits per heavy atom. The van der Waals surface area contributed by atoms with E-state index < -0.39 is 0 Å². The van der Waals surface area contributed by atoms with Crippen LogP contribution in [0.4, 0.5) is 10.1 Å². The summed E-state index contributed by atoms with van der Waals surface area (Å²) in [4.78, 5) is 13.1. The Balaban J connectivity index is 2.18. The second kappa shape index (κ2) is 4.33. The van der Waals surface area contributed by atoms with Gasteiger partial charge in [-0.2, -0.15) is 12.6 Å². The van der Waals surface area contributed by atoms with Crippen LogP contribution in [0, 0.1) is 5.82 Å². The van der Waals surface area contributed by atoms with Gasteiger partial charge < -0.3 is 10.6 Å². The van der Waals surface area contributed by atoms with Crippen LogP contribution in [-0.2, 0) is 11.3 Å². The Morgan fingerprint density at radius 2 is 2.31 bits per heavy atom. The van der Waals surface area contributed by atoms with Crippen LogP contribution >= 0.6 is 12.6 Å². The lowest BCUT2D eigenvalue weighted by Gasteiger charge is -2.17. The van der Waals surface area contributed by atoms with Crippen molar-refractivity contribution in [3.8, 4) is 0 Å². The molecule has 1 aromatic carbocycles. The molecule has 1 aliphatic rings. The first-order chi connectivity index (χ1) is 7.58. The molecule has 1 unspecified atom stereocenters. The Bertz CT molecular complexity index is 404. The zero-order chi connectivity index (χ0) is 11.7. The minimum Gasteiger partial charge on any atom is -0.398 e. The monoisotopic (exact) mass is 240 g/mol. The number of carbonyl (C=O) groups is 1. The van der Waals surface area contributed by atoms with Crippen LogP contribution in [0.2, 0.25) is 0 Å². The number of thiol groups is 1. The minimum atomic E-state index is -0.365. The predicted molar refractivity (Wildman–Crippen MR) is 63.6 cm³/mol. The maximum atomic E-state index is 13.5. The molecule has 1 fully saturated rings. The first-order valence-electron chi connectivity index (χ1n) is 5.06. The first kappa shape index (κ1) is 11.3. The van der Waals surface area contributed by atoms with Crippen molar-refractivity contribution in [2.75, 3.05) is 12.3 Å². The zero-order valence-electron chi connectivity index (χ0n) is 8.69. The molecule has 1 aliphatic heterocycles. The predicted octanol–water partition coefficient (Wildman–Crippen LogP) is 1.44. The van der Waals surface area contributed by atoms with Gasteiger partial charge >= 0.3 is 0 Å². The van der Waals surface area contributed by atoms with Crippen LogP contribution in [-0.4, -0.2) is 22.6 Å². The summed E-state index contributed by atoms with van der Waals surface area (Å²) < 4.78 is 13.5. The second-order valence-corrected chi connectivity index (χ2v) is 4.67. The summed E-state index contributed by atoms with van der Waals surface area (Å²) in [6, 6.07) is 4.54. The Kier molecular flexibility index (Phi) is 3.05. The second-order valence-electron chi connectivity index (χ2n) is 3.94. The summed E-state index contributed by atoms with van der Waals surface area (Å²) in [6.45, 7) is 0.782. The van der Waals surface area contributed by atoms with E-state index in [0.29, 0.717) is 24.2 Å². The number of halogens is 1. The number of nitrogens with zero attached hydrogens (tertiary/aromatic N) is 1. The lowest BCUT2D eigenvalue weighted by molar-refractivity contribution is -0.128. The molecule has 2 N–H and O–H groups in total. The van der Waals surface area contributed by atoms with E-state index in [0.717, 1.165) is 0 Å². The third kappa shape index (κ3) is 2.14. The van der Waals surface area contributed by atoms with Crippen molar-refractivity contribution in [3.05, 3.63) is 29.6 Å². The van der Waals surface area contributed by atoms with E-state index in [2.05, 4.69) is 12.6 Å². The van der Waals surface area contributed by atoms with Gasteiger partial charge in [0.2, 0.25) is 5.91 Å². The zero-order valence-corrected chi connectivity index (χ0v) is 9.58. The molecule has 0 spiro atoms. The summed E-state index contributed by atoms with van der Waals surface area (Å²) in [7, 11) is 0. The summed E-state index contributed by atoms with van der Waals surface area (Å²) in [6.07, 6.45) is 0.414. The van der Waals surface area contributed by atoms with Crippen molar-refractivity contribution < 1.29 is 9.18 Å². The maximum Gasteiger partial charge on any atom is 0.224 e. The van der Waals surface area contributed by atoms with Gasteiger partial charge in [0.1, 0.15) is 5.82 Å². The van der Waals surface area contributed by atoms with Crippen molar-refractivity contribution in [3.63, 3.8) is 0 Å².